The predicted octanol–water partition coefficient (Wildman–Crippen LogP) is -1.54. The molecule has 13 heteroatoms. The first kappa shape index (κ1) is 30.1. The summed E-state index contributed by atoms with van der Waals surface area (Å²) in [6.45, 7) is 2.47. The molecule has 0 radical (unpaired) electrons. The van der Waals surface area contributed by atoms with Crippen LogP contribution in [0.4, 0.5) is 4.39 Å². The highest BCUT2D eigenvalue weighted by Gasteiger charge is 2.45. The van der Waals surface area contributed by atoms with Gasteiger partial charge in [0.1, 0.15) is 37.5 Å². The molecule has 0 aromatic carbocycles. The van der Waals surface area contributed by atoms with Gasteiger partial charge >= 0.3 is 0 Å². The lowest BCUT2D eigenvalue weighted by molar-refractivity contribution is -0.270. The fourth-order valence-electron chi connectivity index (χ4n) is 3.17. The molecule has 6 N–H and O–H groups in total. The molecule has 0 saturated carbocycles. The minimum Gasteiger partial charge on any atom is -0.394 e. The van der Waals surface area contributed by atoms with Crippen molar-refractivity contribution in [2.45, 2.75) is 82.7 Å². The van der Waals surface area contributed by atoms with Crippen LogP contribution < -0.4 is 16.0 Å². The van der Waals surface area contributed by atoms with Gasteiger partial charge in [0.05, 0.1) is 12.7 Å². The Balaban J connectivity index is 2.22. The summed E-state index contributed by atoms with van der Waals surface area (Å²) in [7, 11) is 0. The van der Waals surface area contributed by atoms with Gasteiger partial charge in [-0.3, -0.25) is 14.4 Å². The molecule has 0 aromatic heterocycles. The highest BCUT2D eigenvalue weighted by Crippen LogP contribution is 2.22. The van der Waals surface area contributed by atoms with Crippen molar-refractivity contribution in [1.29, 1.82) is 0 Å². The molecule has 1 saturated heterocycles. The number of rotatable bonds is 16. The number of unbranched alkanes of at least 4 members (excludes halogenated alkanes) is 3. The van der Waals surface area contributed by atoms with Gasteiger partial charge in [-0.15, -0.1) is 0 Å². The molecule has 34 heavy (non-hydrogen) atoms. The minimum atomic E-state index is -1.50. The number of halogens is 1. The summed E-state index contributed by atoms with van der Waals surface area (Å²) in [5.41, 5.74) is 0. The third kappa shape index (κ3) is 11.5. The molecular formula is C21H38FN3O9. The van der Waals surface area contributed by atoms with E-state index in [2.05, 4.69) is 16.0 Å². The van der Waals surface area contributed by atoms with Crippen molar-refractivity contribution in [3.8, 4) is 0 Å². The molecule has 1 aliphatic rings. The Labute approximate surface area is 198 Å². The largest absolute Gasteiger partial charge is 0.394 e. The number of aliphatic hydroxyl groups is 3. The number of aliphatic hydroxyl groups excluding tert-OH is 3. The molecule has 12 nitrogen and oxygen atoms in total. The summed E-state index contributed by atoms with van der Waals surface area (Å²) in [6, 6.07) is -1.19. The molecule has 1 aliphatic heterocycles. The van der Waals surface area contributed by atoms with Crippen molar-refractivity contribution in [3.63, 3.8) is 0 Å². The van der Waals surface area contributed by atoms with Gasteiger partial charge in [0, 0.05) is 13.2 Å². The van der Waals surface area contributed by atoms with Crippen LogP contribution in [0.25, 0.3) is 0 Å². The van der Waals surface area contributed by atoms with E-state index in [-0.39, 0.29) is 31.8 Å². The Morgan fingerprint density at radius 1 is 1.00 bits per heavy atom. The van der Waals surface area contributed by atoms with Crippen LogP contribution in [-0.2, 0) is 28.6 Å². The summed E-state index contributed by atoms with van der Waals surface area (Å²) in [6.07, 6.45) is -2.73. The van der Waals surface area contributed by atoms with Gasteiger partial charge in [0.25, 0.3) is 5.91 Å². The Bertz CT molecular complexity index is 626. The number of alkyl halides is 1. The molecule has 0 spiro atoms. The lowest BCUT2D eigenvalue weighted by Crippen LogP contribution is -2.65. The standard InChI is InChI=1S/C21H38FN3O9/c1-13(2)33-12-24-16(28)9-15(27)23-7-5-3-4-6-8-32-21-18(25-17(29)10-22)20(31)19(30)14(11-26)34-21/h13-14,18-21,26,30-31H,3-12H2,1-2H3,(H,23,27)(H,24,28)(H,25,29). The van der Waals surface area contributed by atoms with Crippen LogP contribution in [0.2, 0.25) is 0 Å². The van der Waals surface area contributed by atoms with E-state index in [1.54, 1.807) is 0 Å². The number of hydrogen-bond donors (Lipinski definition) is 6. The smallest absolute Gasteiger partial charge is 0.251 e. The first-order valence-corrected chi connectivity index (χ1v) is 11.4. The topological polar surface area (TPSA) is 176 Å². The summed E-state index contributed by atoms with van der Waals surface area (Å²) in [5, 5.41) is 36.8. The average molecular weight is 496 g/mol. The SMILES string of the molecule is CC(C)OCNC(=O)CC(=O)NCCCCCCOC1OC(CO)C(O)C(O)C1NC(=O)CF. The van der Waals surface area contributed by atoms with Crippen molar-refractivity contribution in [3.05, 3.63) is 0 Å². The van der Waals surface area contributed by atoms with Gasteiger partial charge in [-0.25, -0.2) is 4.39 Å². The van der Waals surface area contributed by atoms with Crippen molar-refractivity contribution >= 4 is 17.7 Å². The maximum atomic E-state index is 12.5. The zero-order chi connectivity index (χ0) is 25.5. The number of ether oxygens (including phenoxy) is 3. The van der Waals surface area contributed by atoms with Crippen LogP contribution in [0.3, 0.4) is 0 Å². The van der Waals surface area contributed by atoms with Crippen molar-refractivity contribution in [1.82, 2.24) is 16.0 Å². The Morgan fingerprint density at radius 3 is 2.32 bits per heavy atom. The zero-order valence-corrected chi connectivity index (χ0v) is 19.7. The third-order valence-electron chi connectivity index (χ3n) is 5.01. The monoisotopic (exact) mass is 495 g/mol. The molecule has 1 fully saturated rings. The number of hydrogen-bond acceptors (Lipinski definition) is 9. The molecular weight excluding hydrogens is 457 g/mol. The molecule has 5 unspecified atom stereocenters. The summed E-state index contributed by atoms with van der Waals surface area (Å²) in [5.74, 6) is -1.78. The fraction of sp³-hybridized carbons (Fsp3) is 0.857. The lowest BCUT2D eigenvalue weighted by atomic mass is 9.97. The van der Waals surface area contributed by atoms with E-state index < -0.39 is 55.7 Å². The highest BCUT2D eigenvalue weighted by atomic mass is 19.1. The van der Waals surface area contributed by atoms with Crippen LogP contribution in [0.1, 0.15) is 46.0 Å². The van der Waals surface area contributed by atoms with Crippen LogP contribution in [0.5, 0.6) is 0 Å². The molecule has 3 amide bonds. The molecule has 1 rings (SSSR count). The summed E-state index contributed by atoms with van der Waals surface area (Å²) >= 11 is 0. The molecule has 198 valence electrons. The van der Waals surface area contributed by atoms with Crippen LogP contribution in [0.15, 0.2) is 0 Å². The Hall–Kier alpha value is -1.90. The molecule has 0 aliphatic carbocycles. The van der Waals surface area contributed by atoms with Gasteiger partial charge in [-0.05, 0) is 26.7 Å². The first-order valence-electron chi connectivity index (χ1n) is 11.4. The van der Waals surface area contributed by atoms with Crippen molar-refractivity contribution in [2.24, 2.45) is 0 Å². The van der Waals surface area contributed by atoms with Crippen LogP contribution in [0, 0.1) is 0 Å². The van der Waals surface area contributed by atoms with Gasteiger partial charge in [0.2, 0.25) is 11.8 Å². The third-order valence-corrected chi connectivity index (χ3v) is 5.01. The fourth-order valence-corrected chi connectivity index (χ4v) is 3.17. The van der Waals surface area contributed by atoms with Crippen molar-refractivity contribution in [2.75, 3.05) is 33.2 Å². The molecule has 1 heterocycles. The van der Waals surface area contributed by atoms with Crippen LogP contribution >= 0.6 is 0 Å². The summed E-state index contributed by atoms with van der Waals surface area (Å²) < 4.78 is 28.7. The second kappa shape index (κ2) is 16.7. The molecule has 0 aromatic rings. The van der Waals surface area contributed by atoms with E-state index in [0.29, 0.717) is 19.4 Å². The maximum absolute atomic E-state index is 12.5. The lowest BCUT2D eigenvalue weighted by Gasteiger charge is -2.42. The Kier molecular flexibility index (Phi) is 14.8. The number of amides is 3. The predicted molar refractivity (Wildman–Crippen MR) is 117 cm³/mol. The second-order valence-electron chi connectivity index (χ2n) is 8.21. The minimum absolute atomic E-state index is 0.0182. The van der Waals surface area contributed by atoms with E-state index >= 15 is 0 Å². The maximum Gasteiger partial charge on any atom is 0.251 e. The quantitative estimate of drug-likeness (QED) is 0.0842. The van der Waals surface area contributed by atoms with Gasteiger partial charge in [0.15, 0.2) is 13.0 Å². The number of carbonyl (C=O) groups is 3. The van der Waals surface area contributed by atoms with E-state index in [1.807, 2.05) is 13.8 Å². The number of carbonyl (C=O) groups excluding carboxylic acids is 3. The Morgan fingerprint density at radius 2 is 1.68 bits per heavy atom. The van der Waals surface area contributed by atoms with E-state index in [1.165, 1.54) is 0 Å². The number of nitrogens with one attached hydrogen (secondary N) is 3. The van der Waals surface area contributed by atoms with E-state index in [4.69, 9.17) is 14.2 Å². The zero-order valence-electron chi connectivity index (χ0n) is 19.7. The van der Waals surface area contributed by atoms with Gasteiger partial charge < -0.3 is 45.5 Å². The van der Waals surface area contributed by atoms with Gasteiger partial charge in [-0.1, -0.05) is 12.8 Å². The normalized spacial score (nSPS) is 24.6. The van der Waals surface area contributed by atoms with E-state index in [0.717, 1.165) is 12.8 Å². The second-order valence-corrected chi connectivity index (χ2v) is 8.21. The summed E-state index contributed by atoms with van der Waals surface area (Å²) in [4.78, 5) is 34.7. The van der Waals surface area contributed by atoms with E-state index in [9.17, 15) is 34.1 Å². The van der Waals surface area contributed by atoms with Crippen molar-refractivity contribution < 1.29 is 48.3 Å². The van der Waals surface area contributed by atoms with Gasteiger partial charge in [-0.2, -0.15) is 0 Å². The molecule has 5 atom stereocenters. The highest BCUT2D eigenvalue weighted by molar-refractivity contribution is 5.96. The van der Waals surface area contributed by atoms with Crippen LogP contribution in [-0.4, -0.2) is 103 Å². The molecule has 0 bridgehead atoms. The first-order chi connectivity index (χ1) is 16.2. The average Bonchev–Trinajstić information content (AvgIpc) is 2.79.